The van der Waals surface area contributed by atoms with Gasteiger partial charge in [0.15, 0.2) is 0 Å². The van der Waals surface area contributed by atoms with Gasteiger partial charge in [-0.25, -0.2) is 0 Å². The van der Waals surface area contributed by atoms with Gasteiger partial charge in [-0.3, -0.25) is 0 Å². The van der Waals surface area contributed by atoms with Crippen molar-refractivity contribution in [2.75, 3.05) is 26.4 Å². The minimum atomic E-state index is 0.536. The van der Waals surface area contributed by atoms with Gasteiger partial charge in [-0.15, -0.1) is 0 Å². The Balaban J connectivity index is 2.69. The van der Waals surface area contributed by atoms with Crippen LogP contribution in [0.3, 0.4) is 0 Å². The maximum absolute atomic E-state index is 8.50. The summed E-state index contributed by atoms with van der Waals surface area (Å²) in [4.78, 5) is 2.08. The molecule has 0 aliphatic heterocycles. The van der Waals surface area contributed by atoms with E-state index >= 15 is 0 Å². The third-order valence-corrected chi connectivity index (χ3v) is 2.36. The monoisotopic (exact) mass is 219 g/mol. The first-order valence-corrected chi connectivity index (χ1v) is 5.15. The molecule has 0 atom stereocenters. The zero-order valence-corrected chi connectivity index (χ0v) is 9.73. The van der Waals surface area contributed by atoms with E-state index in [1.165, 1.54) is 0 Å². The van der Waals surface area contributed by atoms with Gasteiger partial charge in [-0.1, -0.05) is 6.07 Å². The van der Waals surface area contributed by atoms with E-state index in [0.29, 0.717) is 12.1 Å². The molecule has 0 aliphatic rings. The molecule has 1 aromatic carbocycles. The van der Waals surface area contributed by atoms with Crippen molar-refractivity contribution in [3.05, 3.63) is 23.8 Å². The lowest BCUT2D eigenvalue weighted by atomic mass is 10.1. The van der Waals surface area contributed by atoms with E-state index in [-0.39, 0.29) is 0 Å². The molecule has 0 aromatic heterocycles. The largest absolute Gasteiger partial charge is 0.496 e. The van der Waals surface area contributed by atoms with E-state index in [4.69, 9.17) is 15.7 Å². The summed E-state index contributed by atoms with van der Waals surface area (Å²) >= 11 is 0. The van der Waals surface area contributed by atoms with Gasteiger partial charge in [0.2, 0.25) is 0 Å². The smallest absolute Gasteiger partial charge is 0.125 e. The molecule has 0 amide bonds. The van der Waals surface area contributed by atoms with Gasteiger partial charge in [0.25, 0.3) is 0 Å². The van der Waals surface area contributed by atoms with Crippen molar-refractivity contribution < 1.29 is 4.74 Å². The number of anilines is 1. The molecule has 0 unspecified atom stereocenters. The molecule has 4 heteroatoms. The average molecular weight is 219 g/mol. The van der Waals surface area contributed by atoms with Crippen LogP contribution in [0.15, 0.2) is 18.2 Å². The predicted octanol–water partition coefficient (Wildman–Crippen LogP) is 1.62. The van der Waals surface area contributed by atoms with Crippen LogP contribution in [0.25, 0.3) is 0 Å². The summed E-state index contributed by atoms with van der Waals surface area (Å²) in [5, 5.41) is 8.50. The van der Waals surface area contributed by atoms with Gasteiger partial charge in [0.05, 0.1) is 13.2 Å². The molecule has 0 aliphatic carbocycles. The van der Waals surface area contributed by atoms with Gasteiger partial charge < -0.3 is 15.4 Å². The van der Waals surface area contributed by atoms with Crippen molar-refractivity contribution in [2.45, 2.75) is 13.0 Å². The molecule has 0 spiro atoms. The quantitative estimate of drug-likeness (QED) is 0.764. The highest BCUT2D eigenvalue weighted by Crippen LogP contribution is 2.22. The molecule has 0 radical (unpaired) electrons. The molecule has 0 saturated heterocycles. The minimum Gasteiger partial charge on any atom is -0.496 e. The number of rotatable bonds is 5. The van der Waals surface area contributed by atoms with Crippen LogP contribution in [0.1, 0.15) is 12.0 Å². The molecule has 4 nitrogen and oxygen atoms in total. The summed E-state index contributed by atoms with van der Waals surface area (Å²) in [7, 11) is 3.61. The van der Waals surface area contributed by atoms with Gasteiger partial charge in [-0.2, -0.15) is 5.26 Å². The van der Waals surface area contributed by atoms with Crippen molar-refractivity contribution in [1.82, 2.24) is 4.90 Å². The van der Waals surface area contributed by atoms with Crippen LogP contribution in [-0.4, -0.2) is 25.6 Å². The summed E-state index contributed by atoms with van der Waals surface area (Å²) in [6, 6.07) is 7.75. The second kappa shape index (κ2) is 5.99. The third kappa shape index (κ3) is 3.44. The summed E-state index contributed by atoms with van der Waals surface area (Å²) in [5.41, 5.74) is 7.45. The Morgan fingerprint density at radius 2 is 2.25 bits per heavy atom. The number of methoxy groups -OCH3 is 1. The topological polar surface area (TPSA) is 62.3 Å². The Kier molecular flexibility index (Phi) is 4.62. The number of nitrogens with two attached hydrogens (primary N) is 1. The van der Waals surface area contributed by atoms with Crippen LogP contribution in [-0.2, 0) is 6.54 Å². The molecule has 2 N–H and O–H groups in total. The van der Waals surface area contributed by atoms with Crippen LogP contribution in [0.2, 0.25) is 0 Å². The van der Waals surface area contributed by atoms with Gasteiger partial charge in [-0.05, 0) is 13.1 Å². The molecule has 86 valence electrons. The van der Waals surface area contributed by atoms with Gasteiger partial charge in [0.1, 0.15) is 5.75 Å². The molecule has 0 fully saturated rings. The van der Waals surface area contributed by atoms with E-state index < -0.39 is 0 Å². The molecule has 0 heterocycles. The van der Waals surface area contributed by atoms with E-state index in [0.717, 1.165) is 24.4 Å². The standard InChI is InChI=1S/C12H17N3O/c1-15(7-3-6-13)9-10-4-5-11(14)8-12(10)16-2/h4-5,8H,3,7,9,14H2,1-2H3. The SMILES string of the molecule is COc1cc(N)ccc1CN(C)CCC#N. The first kappa shape index (κ1) is 12.3. The minimum absolute atomic E-state index is 0.536. The van der Waals surface area contributed by atoms with Crippen LogP contribution >= 0.6 is 0 Å². The van der Waals surface area contributed by atoms with Crippen molar-refractivity contribution in [1.29, 1.82) is 5.26 Å². The molecule has 0 bridgehead atoms. The van der Waals surface area contributed by atoms with Crippen molar-refractivity contribution in [3.63, 3.8) is 0 Å². The van der Waals surface area contributed by atoms with E-state index in [1.807, 2.05) is 25.2 Å². The van der Waals surface area contributed by atoms with Crippen LogP contribution < -0.4 is 10.5 Å². The Morgan fingerprint density at radius 1 is 1.50 bits per heavy atom. The number of nitrogen functional groups attached to an aromatic ring is 1. The highest BCUT2D eigenvalue weighted by atomic mass is 16.5. The van der Waals surface area contributed by atoms with Crippen LogP contribution in [0.4, 0.5) is 5.69 Å². The van der Waals surface area contributed by atoms with Crippen molar-refractivity contribution in [2.24, 2.45) is 0 Å². The highest BCUT2D eigenvalue weighted by Gasteiger charge is 2.06. The summed E-state index contributed by atoms with van der Waals surface area (Å²) in [5.74, 6) is 0.795. The van der Waals surface area contributed by atoms with Crippen LogP contribution in [0.5, 0.6) is 5.75 Å². The Bertz CT molecular complexity index is 384. The lowest BCUT2D eigenvalue weighted by Gasteiger charge is -2.17. The maximum atomic E-state index is 8.50. The molecule has 16 heavy (non-hydrogen) atoms. The fourth-order valence-electron chi connectivity index (χ4n) is 1.50. The number of nitrogens with zero attached hydrogens (tertiary/aromatic N) is 2. The second-order valence-corrected chi connectivity index (χ2v) is 3.72. The Hall–Kier alpha value is -1.73. The first-order chi connectivity index (χ1) is 7.67. The molecular formula is C12H17N3O. The summed E-state index contributed by atoms with van der Waals surface area (Å²) in [6.07, 6.45) is 0.536. The Morgan fingerprint density at radius 3 is 2.88 bits per heavy atom. The average Bonchev–Trinajstić information content (AvgIpc) is 2.28. The zero-order chi connectivity index (χ0) is 12.0. The summed E-state index contributed by atoms with van der Waals surface area (Å²) < 4.78 is 5.26. The zero-order valence-electron chi connectivity index (χ0n) is 9.73. The van der Waals surface area contributed by atoms with E-state index in [1.54, 1.807) is 7.11 Å². The second-order valence-electron chi connectivity index (χ2n) is 3.72. The molecular weight excluding hydrogens is 202 g/mol. The summed E-state index contributed by atoms with van der Waals surface area (Å²) in [6.45, 7) is 1.51. The normalized spacial score (nSPS) is 10.1. The molecule has 0 saturated carbocycles. The number of hydrogen-bond acceptors (Lipinski definition) is 4. The lowest BCUT2D eigenvalue weighted by Crippen LogP contribution is -2.19. The van der Waals surface area contributed by atoms with Gasteiger partial charge >= 0.3 is 0 Å². The first-order valence-electron chi connectivity index (χ1n) is 5.15. The number of nitriles is 1. The lowest BCUT2D eigenvalue weighted by molar-refractivity contribution is 0.324. The molecule has 1 aromatic rings. The van der Waals surface area contributed by atoms with Crippen LogP contribution in [0, 0.1) is 11.3 Å². The van der Waals surface area contributed by atoms with Crippen molar-refractivity contribution in [3.8, 4) is 11.8 Å². The highest BCUT2D eigenvalue weighted by molar-refractivity contribution is 5.48. The number of benzene rings is 1. The Labute approximate surface area is 96.2 Å². The van der Waals surface area contributed by atoms with Gasteiger partial charge in [0, 0.05) is 36.8 Å². The van der Waals surface area contributed by atoms with E-state index in [9.17, 15) is 0 Å². The fraction of sp³-hybridized carbons (Fsp3) is 0.417. The van der Waals surface area contributed by atoms with Crippen molar-refractivity contribution >= 4 is 5.69 Å². The molecule has 1 rings (SSSR count). The predicted molar refractivity (Wildman–Crippen MR) is 64.0 cm³/mol. The fourth-order valence-corrected chi connectivity index (χ4v) is 1.50. The maximum Gasteiger partial charge on any atom is 0.125 e. The third-order valence-electron chi connectivity index (χ3n) is 2.36. The number of ether oxygens (including phenoxy) is 1. The number of hydrogen-bond donors (Lipinski definition) is 1. The van der Waals surface area contributed by atoms with E-state index in [2.05, 4.69) is 11.0 Å².